The molecule has 2 fully saturated rings. The Morgan fingerprint density at radius 2 is 1.79 bits per heavy atom. The van der Waals surface area contributed by atoms with Crippen molar-refractivity contribution < 1.29 is 28.3 Å². The lowest BCUT2D eigenvalue weighted by atomic mass is 10.2. The summed E-state index contributed by atoms with van der Waals surface area (Å²) >= 11 is 0. The molecule has 1 amide bonds. The first-order valence-electron chi connectivity index (χ1n) is 8.87. The summed E-state index contributed by atoms with van der Waals surface area (Å²) < 4.78 is 29.2. The van der Waals surface area contributed by atoms with E-state index >= 15 is 0 Å². The molecule has 1 saturated heterocycles. The fourth-order valence-electron chi connectivity index (χ4n) is 3.94. The third-order valence-electron chi connectivity index (χ3n) is 5.36. The molecular weight excluding hydrogens is 370 g/mol. The van der Waals surface area contributed by atoms with E-state index in [0.29, 0.717) is 19.5 Å². The normalized spacial score (nSPS) is 22.6. The summed E-state index contributed by atoms with van der Waals surface area (Å²) in [5.41, 5.74) is 0.544. The van der Waals surface area contributed by atoms with Crippen molar-refractivity contribution in [3.63, 3.8) is 0 Å². The Morgan fingerprint density at radius 3 is 2.32 bits per heavy atom. The Kier molecular flexibility index (Phi) is 4.72. The summed E-state index contributed by atoms with van der Waals surface area (Å²) in [7, 11) is 0. The van der Waals surface area contributed by atoms with Crippen molar-refractivity contribution in [3.05, 3.63) is 59.7 Å². The summed E-state index contributed by atoms with van der Waals surface area (Å²) in [5, 5.41) is 9.85. The van der Waals surface area contributed by atoms with E-state index in [-0.39, 0.29) is 29.8 Å². The number of carbonyl (C=O) groups is 2. The molecule has 2 aliphatic rings. The van der Waals surface area contributed by atoms with Crippen molar-refractivity contribution >= 4 is 23.8 Å². The van der Waals surface area contributed by atoms with Crippen LogP contribution in [0.25, 0.3) is 0 Å². The van der Waals surface area contributed by atoms with Crippen molar-refractivity contribution in [3.8, 4) is 0 Å². The number of nitrogens with zero attached hydrogens (tertiary/aromatic N) is 2. The average molecular weight is 388 g/mol. The van der Waals surface area contributed by atoms with E-state index in [4.69, 9.17) is 9.94 Å². The Labute approximate surface area is 159 Å². The van der Waals surface area contributed by atoms with Crippen LogP contribution in [0.5, 0.6) is 0 Å². The van der Waals surface area contributed by atoms with Gasteiger partial charge in [-0.15, -0.1) is 0 Å². The molecule has 1 heterocycles. The molecule has 2 aromatic rings. The van der Waals surface area contributed by atoms with Crippen molar-refractivity contribution in [2.75, 3.05) is 23.1 Å². The Bertz CT molecular complexity index is 873. The first kappa shape index (κ1) is 18.4. The number of hydroxylamine groups is 1. The fourth-order valence-corrected chi connectivity index (χ4v) is 3.94. The molecule has 146 valence electrons. The maximum atomic E-state index is 14.6. The zero-order valence-electron chi connectivity index (χ0n) is 14.8. The molecule has 1 N–H and O–H groups in total. The number of hydrogen-bond acceptors (Lipinski definition) is 4. The average Bonchev–Trinajstić information content (AvgIpc) is 3.19. The number of benzene rings is 2. The van der Waals surface area contributed by atoms with Crippen molar-refractivity contribution in [1.82, 2.24) is 0 Å². The van der Waals surface area contributed by atoms with Crippen molar-refractivity contribution in [2.24, 2.45) is 17.8 Å². The van der Waals surface area contributed by atoms with Crippen LogP contribution in [0, 0.1) is 29.4 Å². The van der Waals surface area contributed by atoms with Crippen LogP contribution in [0.4, 0.5) is 20.2 Å². The molecule has 1 saturated carbocycles. The number of anilines is 2. The highest BCUT2D eigenvalue weighted by atomic mass is 19.1. The maximum Gasteiger partial charge on any atom is 0.307 e. The summed E-state index contributed by atoms with van der Waals surface area (Å²) in [6.07, 6.45) is 0.347. The molecule has 1 aliphatic carbocycles. The lowest BCUT2D eigenvalue weighted by Gasteiger charge is -2.24. The first-order chi connectivity index (χ1) is 13.5. The SMILES string of the molecule is O=CN(OCc1ccccc1)c1cc(F)c(N2C[C@@H]3C(C(=O)O)[C@@H]3C2)c(F)c1. The Balaban J connectivity index is 1.48. The third-order valence-corrected chi connectivity index (χ3v) is 5.36. The molecule has 1 aliphatic heterocycles. The van der Waals surface area contributed by atoms with Gasteiger partial charge >= 0.3 is 5.97 Å². The van der Waals surface area contributed by atoms with Crippen molar-refractivity contribution in [1.29, 1.82) is 0 Å². The van der Waals surface area contributed by atoms with Crippen LogP contribution in [0.1, 0.15) is 5.56 Å². The first-order valence-corrected chi connectivity index (χ1v) is 8.87. The van der Waals surface area contributed by atoms with Gasteiger partial charge in [0.15, 0.2) is 11.6 Å². The van der Waals surface area contributed by atoms with Gasteiger partial charge in [0, 0.05) is 25.2 Å². The van der Waals surface area contributed by atoms with E-state index < -0.39 is 23.5 Å². The zero-order valence-corrected chi connectivity index (χ0v) is 14.8. The monoisotopic (exact) mass is 388 g/mol. The van der Waals surface area contributed by atoms with Crippen LogP contribution in [0.2, 0.25) is 0 Å². The number of aliphatic carboxylic acids is 1. The molecule has 28 heavy (non-hydrogen) atoms. The van der Waals surface area contributed by atoms with E-state index in [9.17, 15) is 18.4 Å². The number of rotatable bonds is 7. The quantitative estimate of drug-likeness (QED) is 0.584. The largest absolute Gasteiger partial charge is 0.481 e. The smallest absolute Gasteiger partial charge is 0.307 e. The molecule has 0 radical (unpaired) electrons. The minimum atomic E-state index is -0.858. The molecular formula is C20H18F2N2O4. The minimum absolute atomic E-state index is 0.0579. The lowest BCUT2D eigenvalue weighted by Crippen LogP contribution is -2.28. The van der Waals surface area contributed by atoms with Crippen LogP contribution in [-0.4, -0.2) is 30.6 Å². The standard InChI is InChI=1S/C20H18F2N2O4/c21-16-6-13(24(11-25)28-10-12-4-2-1-3-5-12)7-17(22)19(16)23-8-14-15(9-23)18(14)20(26)27/h1-7,11,14-15,18H,8-10H2,(H,26,27)/t14-,15+,18?. The van der Waals surface area contributed by atoms with Gasteiger partial charge in [-0.2, -0.15) is 5.06 Å². The Morgan fingerprint density at radius 1 is 1.18 bits per heavy atom. The van der Waals surface area contributed by atoms with Gasteiger partial charge in [-0.1, -0.05) is 30.3 Å². The second kappa shape index (κ2) is 7.20. The van der Waals surface area contributed by atoms with Gasteiger partial charge < -0.3 is 10.0 Å². The van der Waals surface area contributed by atoms with Crippen LogP contribution >= 0.6 is 0 Å². The van der Waals surface area contributed by atoms with Crippen LogP contribution in [0.3, 0.4) is 0 Å². The molecule has 1 unspecified atom stereocenters. The minimum Gasteiger partial charge on any atom is -0.481 e. The van der Waals surface area contributed by atoms with Crippen molar-refractivity contribution in [2.45, 2.75) is 6.61 Å². The Hall–Kier alpha value is -3.00. The molecule has 3 atom stereocenters. The molecule has 8 heteroatoms. The lowest BCUT2D eigenvalue weighted by molar-refractivity contribution is -0.139. The molecule has 6 nitrogen and oxygen atoms in total. The number of piperidine rings is 1. The molecule has 2 aromatic carbocycles. The van der Waals surface area contributed by atoms with Gasteiger partial charge in [0.2, 0.25) is 6.41 Å². The van der Waals surface area contributed by atoms with E-state index in [2.05, 4.69) is 0 Å². The van der Waals surface area contributed by atoms with E-state index in [1.54, 1.807) is 12.1 Å². The number of amides is 1. The van der Waals surface area contributed by atoms with Gasteiger partial charge in [-0.3, -0.25) is 14.4 Å². The summed E-state index contributed by atoms with van der Waals surface area (Å²) in [6, 6.07) is 11.1. The predicted molar refractivity (Wildman–Crippen MR) is 96.5 cm³/mol. The fraction of sp³-hybridized carbons (Fsp3) is 0.300. The van der Waals surface area contributed by atoms with Gasteiger partial charge in [0.25, 0.3) is 0 Å². The van der Waals surface area contributed by atoms with Crippen LogP contribution in [0.15, 0.2) is 42.5 Å². The predicted octanol–water partition coefficient (Wildman–Crippen LogP) is 2.83. The maximum absolute atomic E-state index is 14.6. The number of hydrogen-bond donors (Lipinski definition) is 1. The molecule has 0 aromatic heterocycles. The number of carboxylic acids is 1. The van der Waals surface area contributed by atoms with Gasteiger partial charge in [0.1, 0.15) is 12.3 Å². The summed E-state index contributed by atoms with van der Waals surface area (Å²) in [5.74, 6) is -3.06. The second-order valence-electron chi connectivity index (χ2n) is 7.04. The van der Waals surface area contributed by atoms with Gasteiger partial charge in [-0.05, 0) is 17.4 Å². The van der Waals surface area contributed by atoms with Gasteiger partial charge in [0.05, 0.1) is 11.6 Å². The van der Waals surface area contributed by atoms with Crippen LogP contribution in [-0.2, 0) is 21.0 Å². The number of fused-ring (bicyclic) bond motifs is 1. The highest BCUT2D eigenvalue weighted by Gasteiger charge is 2.60. The summed E-state index contributed by atoms with van der Waals surface area (Å²) in [4.78, 5) is 29.3. The molecule has 4 rings (SSSR count). The van der Waals surface area contributed by atoms with E-state index in [1.165, 1.54) is 4.90 Å². The van der Waals surface area contributed by atoms with Gasteiger partial charge in [-0.25, -0.2) is 8.78 Å². The highest BCUT2D eigenvalue weighted by molar-refractivity contribution is 5.76. The highest BCUT2D eigenvalue weighted by Crippen LogP contribution is 2.53. The topological polar surface area (TPSA) is 70.1 Å². The third kappa shape index (κ3) is 3.31. The molecule has 0 spiro atoms. The zero-order chi connectivity index (χ0) is 19.8. The van der Waals surface area contributed by atoms with E-state index in [1.807, 2.05) is 18.2 Å². The number of carbonyl (C=O) groups excluding carboxylic acids is 1. The molecule has 0 bridgehead atoms. The van der Waals surface area contributed by atoms with E-state index in [0.717, 1.165) is 22.8 Å². The summed E-state index contributed by atoms with van der Waals surface area (Å²) in [6.45, 7) is 0.671. The number of carboxylic acid groups (broad SMARTS) is 1. The second-order valence-corrected chi connectivity index (χ2v) is 7.04. The van der Waals surface area contributed by atoms with Crippen LogP contribution < -0.4 is 9.96 Å². The number of halogens is 2.